The standard InChI is InChI=1S/C23H24F3N3O3S2/c1-2-3-17-4-6-18(7-5-17)21-16-33-22(27-21)28-12-14-29(15-13-28)34(30,31)20-10-8-19(9-11-20)32-23(24,25)26/h4-11,16H,2-3,12-15H2,1H3. The summed E-state index contributed by atoms with van der Waals surface area (Å²) in [7, 11) is -3.82. The number of aromatic nitrogens is 1. The highest BCUT2D eigenvalue weighted by Crippen LogP contribution is 2.30. The topological polar surface area (TPSA) is 62.7 Å². The van der Waals surface area contributed by atoms with E-state index in [9.17, 15) is 21.6 Å². The lowest BCUT2D eigenvalue weighted by Gasteiger charge is -2.33. The second kappa shape index (κ2) is 9.93. The summed E-state index contributed by atoms with van der Waals surface area (Å²) in [6.07, 6.45) is -2.69. The highest BCUT2D eigenvalue weighted by atomic mass is 32.2. The van der Waals surface area contributed by atoms with Gasteiger partial charge in [-0.1, -0.05) is 37.6 Å². The van der Waals surface area contributed by atoms with Gasteiger partial charge in [0.15, 0.2) is 5.13 Å². The zero-order valence-corrected chi connectivity index (χ0v) is 20.1. The molecular weight excluding hydrogens is 487 g/mol. The van der Waals surface area contributed by atoms with Crippen molar-refractivity contribution in [1.29, 1.82) is 0 Å². The van der Waals surface area contributed by atoms with Crippen LogP contribution < -0.4 is 9.64 Å². The van der Waals surface area contributed by atoms with Gasteiger partial charge in [0, 0.05) is 37.1 Å². The Labute approximate surface area is 200 Å². The van der Waals surface area contributed by atoms with Crippen LogP contribution in [0.2, 0.25) is 0 Å². The molecule has 0 atom stereocenters. The predicted octanol–water partition coefficient (Wildman–Crippen LogP) is 5.17. The Hall–Kier alpha value is -2.63. The number of sulfonamides is 1. The Balaban J connectivity index is 1.38. The van der Waals surface area contributed by atoms with E-state index in [4.69, 9.17) is 4.98 Å². The lowest BCUT2D eigenvalue weighted by molar-refractivity contribution is -0.274. The summed E-state index contributed by atoms with van der Waals surface area (Å²) in [5.41, 5.74) is 3.22. The van der Waals surface area contributed by atoms with Gasteiger partial charge in [-0.2, -0.15) is 4.31 Å². The van der Waals surface area contributed by atoms with E-state index in [1.165, 1.54) is 21.2 Å². The van der Waals surface area contributed by atoms with Crippen LogP contribution in [0.25, 0.3) is 11.3 Å². The number of aryl methyl sites for hydroxylation is 1. The molecule has 0 aliphatic carbocycles. The molecule has 1 aromatic heterocycles. The number of hydrogen-bond donors (Lipinski definition) is 0. The molecule has 1 saturated heterocycles. The fraction of sp³-hybridized carbons (Fsp3) is 0.348. The van der Waals surface area contributed by atoms with Gasteiger partial charge in [-0.3, -0.25) is 0 Å². The van der Waals surface area contributed by atoms with Crippen LogP contribution in [-0.4, -0.2) is 50.2 Å². The number of ether oxygens (including phenoxy) is 1. The number of halogens is 3. The third kappa shape index (κ3) is 5.70. The second-order valence-corrected chi connectivity index (χ2v) is 10.6. The minimum atomic E-state index is -4.83. The molecule has 0 bridgehead atoms. The molecule has 3 aromatic rings. The summed E-state index contributed by atoms with van der Waals surface area (Å²) in [6.45, 7) is 3.59. The van der Waals surface area contributed by atoms with Gasteiger partial charge in [0.25, 0.3) is 0 Å². The quantitative estimate of drug-likeness (QED) is 0.438. The number of nitrogens with zero attached hydrogens (tertiary/aromatic N) is 3. The van der Waals surface area contributed by atoms with Crippen LogP contribution in [0.5, 0.6) is 5.75 Å². The average Bonchev–Trinajstić information content (AvgIpc) is 3.30. The van der Waals surface area contributed by atoms with Crippen molar-refractivity contribution in [3.63, 3.8) is 0 Å². The third-order valence-electron chi connectivity index (χ3n) is 5.48. The van der Waals surface area contributed by atoms with Gasteiger partial charge in [-0.05, 0) is 36.2 Å². The van der Waals surface area contributed by atoms with E-state index in [2.05, 4.69) is 35.9 Å². The molecule has 6 nitrogen and oxygen atoms in total. The fourth-order valence-electron chi connectivity index (χ4n) is 3.76. The molecule has 4 rings (SSSR count). The van der Waals surface area contributed by atoms with Crippen LogP contribution in [0.4, 0.5) is 18.3 Å². The molecular formula is C23H24F3N3O3S2. The smallest absolute Gasteiger partial charge is 0.406 e. The third-order valence-corrected chi connectivity index (χ3v) is 8.30. The largest absolute Gasteiger partial charge is 0.573 e. The van der Waals surface area contributed by atoms with Crippen molar-refractivity contribution >= 4 is 26.5 Å². The number of hydrogen-bond acceptors (Lipinski definition) is 6. The van der Waals surface area contributed by atoms with Crippen LogP contribution in [0.15, 0.2) is 58.8 Å². The fourth-order valence-corrected chi connectivity index (χ4v) is 6.07. The Morgan fingerprint density at radius 2 is 1.65 bits per heavy atom. The van der Waals surface area contributed by atoms with E-state index in [0.29, 0.717) is 13.1 Å². The van der Waals surface area contributed by atoms with E-state index in [0.717, 1.165) is 53.5 Å². The average molecular weight is 512 g/mol. The molecule has 0 N–H and O–H groups in total. The minimum Gasteiger partial charge on any atom is -0.406 e. The summed E-state index contributed by atoms with van der Waals surface area (Å²) in [6, 6.07) is 12.6. The molecule has 0 saturated carbocycles. The Bertz CT molecular complexity index is 1200. The van der Waals surface area contributed by atoms with Gasteiger partial charge >= 0.3 is 6.36 Å². The molecule has 0 unspecified atom stereocenters. The van der Waals surface area contributed by atoms with Gasteiger partial charge in [-0.15, -0.1) is 24.5 Å². The van der Waals surface area contributed by atoms with Crippen LogP contribution in [0.1, 0.15) is 18.9 Å². The monoisotopic (exact) mass is 511 g/mol. The second-order valence-electron chi connectivity index (χ2n) is 7.87. The Morgan fingerprint density at radius 3 is 2.24 bits per heavy atom. The maximum absolute atomic E-state index is 12.9. The van der Waals surface area contributed by atoms with E-state index >= 15 is 0 Å². The lowest BCUT2D eigenvalue weighted by Crippen LogP contribution is -2.48. The summed E-state index contributed by atoms with van der Waals surface area (Å²) >= 11 is 1.52. The van der Waals surface area contributed by atoms with E-state index in [-0.39, 0.29) is 18.0 Å². The normalized spacial score (nSPS) is 15.5. The first-order chi connectivity index (χ1) is 16.2. The predicted molar refractivity (Wildman–Crippen MR) is 126 cm³/mol. The maximum Gasteiger partial charge on any atom is 0.573 e. The van der Waals surface area contributed by atoms with Crippen LogP contribution >= 0.6 is 11.3 Å². The highest BCUT2D eigenvalue weighted by Gasteiger charge is 2.32. The number of thiazole rings is 1. The van der Waals surface area contributed by atoms with Gasteiger partial charge in [-0.25, -0.2) is 13.4 Å². The molecule has 0 spiro atoms. The SMILES string of the molecule is CCCc1ccc(-c2csc(N3CCN(S(=O)(=O)c4ccc(OC(F)(F)F)cc4)CC3)n2)cc1. The Kier molecular flexibility index (Phi) is 7.15. The van der Waals surface area contributed by atoms with Crippen molar-refractivity contribution in [3.8, 4) is 17.0 Å². The van der Waals surface area contributed by atoms with Gasteiger partial charge in [0.05, 0.1) is 10.6 Å². The number of piperazine rings is 1. The highest BCUT2D eigenvalue weighted by molar-refractivity contribution is 7.89. The molecule has 1 fully saturated rings. The summed E-state index contributed by atoms with van der Waals surface area (Å²) in [5, 5.41) is 2.83. The van der Waals surface area contributed by atoms with E-state index < -0.39 is 22.1 Å². The number of benzene rings is 2. The van der Waals surface area contributed by atoms with E-state index in [1.54, 1.807) is 0 Å². The molecule has 2 heterocycles. The molecule has 11 heteroatoms. The van der Waals surface area contributed by atoms with Crippen LogP contribution in [0.3, 0.4) is 0 Å². The maximum atomic E-state index is 12.9. The van der Waals surface area contributed by atoms with Crippen LogP contribution in [-0.2, 0) is 16.4 Å². The molecule has 1 aliphatic rings. The summed E-state index contributed by atoms with van der Waals surface area (Å²) in [4.78, 5) is 6.71. The first kappa shape index (κ1) is 24.5. The molecule has 0 radical (unpaired) electrons. The van der Waals surface area contributed by atoms with Crippen molar-refractivity contribution in [2.45, 2.75) is 31.0 Å². The summed E-state index contributed by atoms with van der Waals surface area (Å²) < 4.78 is 68.0. The van der Waals surface area contributed by atoms with Crippen LogP contribution in [0, 0.1) is 0 Å². The molecule has 0 amide bonds. The van der Waals surface area contributed by atoms with Crippen molar-refractivity contribution in [3.05, 3.63) is 59.5 Å². The zero-order valence-electron chi connectivity index (χ0n) is 18.5. The number of alkyl halides is 3. The molecule has 1 aliphatic heterocycles. The molecule has 34 heavy (non-hydrogen) atoms. The van der Waals surface area contributed by atoms with Gasteiger partial charge in [0.1, 0.15) is 5.75 Å². The van der Waals surface area contributed by atoms with Crippen molar-refractivity contribution in [2.24, 2.45) is 0 Å². The van der Waals surface area contributed by atoms with Crippen molar-refractivity contribution in [2.75, 3.05) is 31.1 Å². The Morgan fingerprint density at radius 1 is 1.00 bits per heavy atom. The van der Waals surface area contributed by atoms with Gasteiger partial charge in [0.2, 0.25) is 10.0 Å². The molecule has 182 valence electrons. The van der Waals surface area contributed by atoms with Gasteiger partial charge < -0.3 is 9.64 Å². The van der Waals surface area contributed by atoms with Crippen molar-refractivity contribution < 1.29 is 26.3 Å². The summed E-state index contributed by atoms with van der Waals surface area (Å²) in [5.74, 6) is -0.462. The van der Waals surface area contributed by atoms with E-state index in [1.807, 2.05) is 10.3 Å². The number of anilines is 1. The first-order valence-corrected chi connectivity index (χ1v) is 13.1. The zero-order chi connectivity index (χ0) is 24.3. The molecule has 2 aromatic carbocycles. The lowest BCUT2D eigenvalue weighted by atomic mass is 10.1. The number of rotatable bonds is 7. The van der Waals surface area contributed by atoms with Crippen molar-refractivity contribution in [1.82, 2.24) is 9.29 Å². The minimum absolute atomic E-state index is 0.0708. The first-order valence-electron chi connectivity index (χ1n) is 10.8.